The highest BCUT2D eigenvalue weighted by molar-refractivity contribution is 7.15. The molecule has 0 aliphatic carbocycles. The number of hydrogen-bond acceptors (Lipinski definition) is 4. The molecular weight excluding hydrogens is 324 g/mol. The van der Waals surface area contributed by atoms with Gasteiger partial charge in [-0.2, -0.15) is 0 Å². The molecule has 5 heteroatoms. The predicted molar refractivity (Wildman–Crippen MR) is 96.9 cm³/mol. The summed E-state index contributed by atoms with van der Waals surface area (Å²) in [5.41, 5.74) is 3.28. The maximum atomic E-state index is 12.3. The highest BCUT2D eigenvalue weighted by Crippen LogP contribution is 2.31. The zero-order chi connectivity index (χ0) is 16.2. The van der Waals surface area contributed by atoms with Crippen LogP contribution >= 0.6 is 22.7 Å². The highest BCUT2D eigenvalue weighted by Gasteiger charge is 2.15. The Labute approximate surface area is 144 Å². The van der Waals surface area contributed by atoms with E-state index < -0.39 is 0 Å². The molecule has 0 fully saturated rings. The number of nitrogens with zero attached hydrogens (tertiary/aromatic N) is 1. The Morgan fingerprint density at radius 3 is 2.83 bits per heavy atom. The molecule has 118 valence electrons. The van der Waals surface area contributed by atoms with E-state index in [2.05, 4.69) is 29.4 Å². The molecule has 3 nitrogen and oxygen atoms in total. The van der Waals surface area contributed by atoms with E-state index >= 15 is 0 Å². The van der Waals surface area contributed by atoms with Gasteiger partial charge in [0.25, 0.3) is 0 Å². The van der Waals surface area contributed by atoms with E-state index in [1.165, 1.54) is 5.56 Å². The van der Waals surface area contributed by atoms with Gasteiger partial charge in [0.05, 0.1) is 22.0 Å². The summed E-state index contributed by atoms with van der Waals surface area (Å²) in [6.07, 6.45) is 0.380. The van der Waals surface area contributed by atoms with Crippen molar-refractivity contribution in [2.75, 3.05) is 0 Å². The zero-order valence-corrected chi connectivity index (χ0v) is 14.8. The van der Waals surface area contributed by atoms with Crippen LogP contribution in [0.3, 0.4) is 0 Å². The molecule has 0 saturated carbocycles. The first-order chi connectivity index (χ1) is 11.1. The Morgan fingerprint density at radius 2 is 2.09 bits per heavy atom. The van der Waals surface area contributed by atoms with Crippen molar-refractivity contribution in [3.05, 3.63) is 62.8 Å². The lowest BCUT2D eigenvalue weighted by atomic mass is 10.1. The van der Waals surface area contributed by atoms with Crippen LogP contribution in [0.5, 0.6) is 0 Å². The minimum absolute atomic E-state index is 0.0352. The normalized spacial score (nSPS) is 10.7. The lowest BCUT2D eigenvalue weighted by Gasteiger charge is -2.06. The van der Waals surface area contributed by atoms with Crippen molar-refractivity contribution in [2.45, 2.75) is 26.8 Å². The number of rotatable bonds is 5. The van der Waals surface area contributed by atoms with E-state index in [1.54, 1.807) is 22.7 Å². The molecule has 1 N–H and O–H groups in total. The van der Waals surface area contributed by atoms with Gasteiger partial charge in [0.1, 0.15) is 0 Å². The van der Waals surface area contributed by atoms with Crippen molar-refractivity contribution in [3.63, 3.8) is 0 Å². The second-order valence-electron chi connectivity index (χ2n) is 5.42. The van der Waals surface area contributed by atoms with Crippen molar-refractivity contribution >= 4 is 28.6 Å². The number of carbonyl (C=O) groups excluding carboxylic acids is 1. The summed E-state index contributed by atoms with van der Waals surface area (Å²) in [6.45, 7) is 4.60. The van der Waals surface area contributed by atoms with Crippen LogP contribution in [-0.2, 0) is 17.8 Å². The van der Waals surface area contributed by atoms with Crippen molar-refractivity contribution in [1.29, 1.82) is 0 Å². The molecule has 0 unspecified atom stereocenters. The summed E-state index contributed by atoms with van der Waals surface area (Å²) in [6, 6.07) is 12.2. The maximum Gasteiger partial charge on any atom is 0.225 e. The maximum absolute atomic E-state index is 12.3. The monoisotopic (exact) mass is 342 g/mol. The van der Waals surface area contributed by atoms with Crippen LogP contribution < -0.4 is 5.32 Å². The van der Waals surface area contributed by atoms with Crippen molar-refractivity contribution in [2.24, 2.45) is 0 Å². The molecule has 1 aromatic carbocycles. The predicted octanol–water partition coefficient (Wildman–Crippen LogP) is 4.35. The third kappa shape index (κ3) is 4.06. The van der Waals surface area contributed by atoms with E-state index in [4.69, 9.17) is 0 Å². The van der Waals surface area contributed by atoms with Crippen LogP contribution in [-0.4, -0.2) is 10.9 Å². The summed E-state index contributed by atoms with van der Waals surface area (Å²) in [4.78, 5) is 19.0. The van der Waals surface area contributed by atoms with Gasteiger partial charge in [-0.3, -0.25) is 4.79 Å². The van der Waals surface area contributed by atoms with Crippen molar-refractivity contribution < 1.29 is 4.79 Å². The third-order valence-electron chi connectivity index (χ3n) is 3.45. The van der Waals surface area contributed by atoms with Crippen LogP contribution in [0.1, 0.15) is 21.0 Å². The zero-order valence-electron chi connectivity index (χ0n) is 13.1. The first-order valence-corrected chi connectivity index (χ1v) is 9.14. The van der Waals surface area contributed by atoms with Gasteiger partial charge in [0, 0.05) is 11.4 Å². The van der Waals surface area contributed by atoms with Crippen LogP contribution in [0.2, 0.25) is 0 Å². The molecule has 2 aromatic heterocycles. The molecule has 23 heavy (non-hydrogen) atoms. The Kier molecular flexibility index (Phi) is 4.88. The second-order valence-corrected chi connectivity index (χ2v) is 7.66. The molecule has 0 radical (unpaired) electrons. The first kappa shape index (κ1) is 15.9. The average molecular weight is 342 g/mol. The molecule has 0 aliphatic rings. The largest absolute Gasteiger partial charge is 0.352 e. The molecule has 1 amide bonds. The van der Waals surface area contributed by atoms with Gasteiger partial charge in [-0.25, -0.2) is 4.98 Å². The smallest absolute Gasteiger partial charge is 0.225 e. The van der Waals surface area contributed by atoms with Crippen molar-refractivity contribution in [1.82, 2.24) is 10.3 Å². The van der Waals surface area contributed by atoms with E-state index in [0.717, 1.165) is 26.0 Å². The van der Waals surface area contributed by atoms with Gasteiger partial charge >= 0.3 is 0 Å². The van der Waals surface area contributed by atoms with Gasteiger partial charge in [-0.05, 0) is 30.9 Å². The average Bonchev–Trinajstić information content (AvgIpc) is 3.15. The fourth-order valence-corrected chi connectivity index (χ4v) is 4.18. The molecule has 2 heterocycles. The highest BCUT2D eigenvalue weighted by atomic mass is 32.1. The van der Waals surface area contributed by atoms with E-state index in [0.29, 0.717) is 13.0 Å². The number of benzene rings is 1. The molecule has 0 spiro atoms. The van der Waals surface area contributed by atoms with E-state index in [-0.39, 0.29) is 5.91 Å². The topological polar surface area (TPSA) is 42.0 Å². The number of thiazole rings is 1. The first-order valence-electron chi connectivity index (χ1n) is 7.44. The molecule has 3 rings (SSSR count). The van der Waals surface area contributed by atoms with Crippen LogP contribution in [0.25, 0.3) is 10.6 Å². The van der Waals surface area contributed by atoms with Gasteiger partial charge in [0.2, 0.25) is 5.91 Å². The summed E-state index contributed by atoms with van der Waals surface area (Å²) >= 11 is 3.25. The Hall–Kier alpha value is -1.98. The van der Waals surface area contributed by atoms with Crippen LogP contribution in [0, 0.1) is 13.8 Å². The number of amides is 1. The molecule has 0 aliphatic heterocycles. The summed E-state index contributed by atoms with van der Waals surface area (Å²) in [5, 5.41) is 6.03. The summed E-state index contributed by atoms with van der Waals surface area (Å²) in [7, 11) is 0. The van der Waals surface area contributed by atoms with Gasteiger partial charge in [-0.1, -0.05) is 35.9 Å². The minimum atomic E-state index is 0.0352. The molecule has 3 aromatic rings. The number of carbonyl (C=O) groups is 1. The molecular formula is C18H18N2OS2. The number of aryl methyl sites for hydroxylation is 2. The fourth-order valence-electron chi connectivity index (χ4n) is 2.43. The van der Waals surface area contributed by atoms with Gasteiger partial charge in [-0.15, -0.1) is 22.7 Å². The lowest BCUT2D eigenvalue weighted by Crippen LogP contribution is -2.24. The summed E-state index contributed by atoms with van der Waals surface area (Å²) in [5.74, 6) is 0.0352. The van der Waals surface area contributed by atoms with Gasteiger partial charge < -0.3 is 5.32 Å². The van der Waals surface area contributed by atoms with E-state index in [9.17, 15) is 4.79 Å². The number of hydrogen-bond donors (Lipinski definition) is 1. The number of thiophene rings is 1. The second kappa shape index (κ2) is 7.06. The quantitative estimate of drug-likeness (QED) is 0.749. The number of nitrogens with one attached hydrogen (secondary N) is 1. The Bertz CT molecular complexity index is 806. The Morgan fingerprint density at radius 1 is 1.22 bits per heavy atom. The van der Waals surface area contributed by atoms with E-state index in [1.807, 2.05) is 36.6 Å². The standard InChI is InChI=1S/C18H18N2OS2/c1-12-5-3-6-14(9-12)11-19-17(21)10-16-18(20-13(2)23-16)15-7-4-8-22-15/h3-9H,10-11H2,1-2H3,(H,19,21). The third-order valence-corrected chi connectivity index (χ3v) is 5.30. The van der Waals surface area contributed by atoms with Gasteiger partial charge in [0.15, 0.2) is 0 Å². The lowest BCUT2D eigenvalue weighted by molar-refractivity contribution is -0.120. The van der Waals surface area contributed by atoms with Crippen molar-refractivity contribution in [3.8, 4) is 10.6 Å². The Balaban J connectivity index is 1.66. The minimum Gasteiger partial charge on any atom is -0.352 e. The SMILES string of the molecule is Cc1cccc(CNC(=O)Cc2sc(C)nc2-c2cccs2)c1. The molecule has 0 atom stereocenters. The number of aromatic nitrogens is 1. The molecule has 0 saturated heterocycles. The fraction of sp³-hybridized carbons (Fsp3) is 0.222. The molecule has 0 bridgehead atoms. The van der Waals surface area contributed by atoms with Crippen LogP contribution in [0.15, 0.2) is 41.8 Å². The van der Waals surface area contributed by atoms with Crippen LogP contribution in [0.4, 0.5) is 0 Å². The summed E-state index contributed by atoms with van der Waals surface area (Å²) < 4.78 is 0.